The molecule has 1 aromatic carbocycles. The number of benzene rings is 1. The zero-order valence-electron chi connectivity index (χ0n) is 15.0. The van der Waals surface area contributed by atoms with E-state index in [1.54, 1.807) is 18.3 Å². The molecule has 1 aliphatic carbocycles. The van der Waals surface area contributed by atoms with Gasteiger partial charge in [0.1, 0.15) is 23.4 Å². The second-order valence-electron chi connectivity index (χ2n) is 6.70. The summed E-state index contributed by atoms with van der Waals surface area (Å²) in [5.74, 6) is -1.17. The van der Waals surface area contributed by atoms with Crippen LogP contribution in [0.4, 0.5) is 14.5 Å². The monoisotopic (exact) mass is 387 g/mol. The van der Waals surface area contributed by atoms with Crippen molar-refractivity contribution >= 4 is 5.69 Å². The van der Waals surface area contributed by atoms with E-state index in [0.717, 1.165) is 25.7 Å². The van der Waals surface area contributed by atoms with Gasteiger partial charge >= 0.3 is 0 Å². The molecule has 0 atom stereocenters. The SMILES string of the molecule is Oc1cc(CNc2c(F)cc(-c3cccnc3OC3CCCC3)cc2F)on1. The lowest BCUT2D eigenvalue weighted by Crippen LogP contribution is -2.12. The highest BCUT2D eigenvalue weighted by Crippen LogP contribution is 2.34. The largest absolute Gasteiger partial charge is 0.491 e. The normalized spacial score (nSPS) is 14.4. The fraction of sp³-hybridized carbons (Fsp3) is 0.300. The van der Waals surface area contributed by atoms with Gasteiger partial charge in [0.25, 0.3) is 5.88 Å². The van der Waals surface area contributed by atoms with E-state index < -0.39 is 11.6 Å². The summed E-state index contributed by atoms with van der Waals surface area (Å²) in [6.45, 7) is -0.0241. The number of ether oxygens (including phenoxy) is 1. The molecule has 1 saturated carbocycles. The molecule has 2 heterocycles. The highest BCUT2D eigenvalue weighted by Gasteiger charge is 2.20. The molecule has 6 nitrogen and oxygen atoms in total. The molecular formula is C20H19F2N3O3. The van der Waals surface area contributed by atoms with Crippen LogP contribution in [0.15, 0.2) is 41.1 Å². The van der Waals surface area contributed by atoms with Gasteiger partial charge in [0.15, 0.2) is 5.76 Å². The Morgan fingerprint density at radius 2 is 1.93 bits per heavy atom. The molecule has 0 radical (unpaired) electrons. The van der Waals surface area contributed by atoms with Crippen LogP contribution >= 0.6 is 0 Å². The van der Waals surface area contributed by atoms with Crippen LogP contribution in [0.2, 0.25) is 0 Å². The number of hydrogen-bond acceptors (Lipinski definition) is 6. The molecule has 2 aromatic heterocycles. The first-order valence-electron chi connectivity index (χ1n) is 9.09. The van der Waals surface area contributed by atoms with Gasteiger partial charge in [-0.05, 0) is 60.7 Å². The third kappa shape index (κ3) is 3.90. The third-order valence-electron chi connectivity index (χ3n) is 4.69. The Balaban J connectivity index is 1.57. The number of halogens is 2. The minimum Gasteiger partial charge on any atom is -0.491 e. The van der Waals surface area contributed by atoms with Crippen LogP contribution in [0, 0.1) is 11.6 Å². The molecule has 3 aromatic rings. The average molecular weight is 387 g/mol. The molecule has 0 amide bonds. The molecule has 0 unspecified atom stereocenters. The molecule has 0 aliphatic heterocycles. The molecule has 1 aliphatic rings. The number of nitrogens with zero attached hydrogens (tertiary/aromatic N) is 2. The van der Waals surface area contributed by atoms with Crippen LogP contribution in [0.25, 0.3) is 11.1 Å². The number of pyridine rings is 1. The Morgan fingerprint density at radius 1 is 1.18 bits per heavy atom. The number of hydrogen-bond donors (Lipinski definition) is 2. The zero-order valence-corrected chi connectivity index (χ0v) is 15.0. The number of aromatic nitrogens is 2. The Morgan fingerprint density at radius 3 is 2.61 bits per heavy atom. The Labute approximate surface area is 160 Å². The Bertz CT molecular complexity index is 948. The Hall–Kier alpha value is -3.16. The van der Waals surface area contributed by atoms with Crippen LogP contribution in [0.3, 0.4) is 0 Å². The summed E-state index contributed by atoms with van der Waals surface area (Å²) in [5.41, 5.74) is 0.597. The third-order valence-corrected chi connectivity index (χ3v) is 4.69. The summed E-state index contributed by atoms with van der Waals surface area (Å²) in [5, 5.41) is 15.1. The first-order chi connectivity index (χ1) is 13.6. The lowest BCUT2D eigenvalue weighted by atomic mass is 10.1. The van der Waals surface area contributed by atoms with Crippen molar-refractivity contribution in [2.75, 3.05) is 5.32 Å². The predicted octanol–water partition coefficient (Wildman–Crippen LogP) is 4.65. The maximum Gasteiger partial charge on any atom is 0.251 e. The van der Waals surface area contributed by atoms with Gasteiger partial charge in [-0.25, -0.2) is 13.8 Å². The van der Waals surface area contributed by atoms with Gasteiger partial charge in [0.05, 0.1) is 6.54 Å². The number of anilines is 1. The van der Waals surface area contributed by atoms with Gasteiger partial charge in [-0.15, -0.1) is 0 Å². The molecule has 0 saturated heterocycles. The summed E-state index contributed by atoms with van der Waals surface area (Å²) in [7, 11) is 0. The van der Waals surface area contributed by atoms with Crippen molar-refractivity contribution in [2.45, 2.75) is 38.3 Å². The van der Waals surface area contributed by atoms with Crippen molar-refractivity contribution < 1.29 is 23.1 Å². The smallest absolute Gasteiger partial charge is 0.251 e. The van der Waals surface area contributed by atoms with Gasteiger partial charge < -0.3 is 19.7 Å². The molecule has 1 fully saturated rings. The molecule has 0 bridgehead atoms. The van der Waals surface area contributed by atoms with E-state index in [9.17, 15) is 8.78 Å². The van der Waals surface area contributed by atoms with Crippen LogP contribution in [-0.4, -0.2) is 21.4 Å². The van der Waals surface area contributed by atoms with Crippen molar-refractivity contribution in [2.24, 2.45) is 0 Å². The summed E-state index contributed by atoms with van der Waals surface area (Å²) < 4.78 is 39.9. The fourth-order valence-electron chi connectivity index (χ4n) is 3.33. The number of rotatable bonds is 6. The molecule has 8 heteroatoms. The summed E-state index contributed by atoms with van der Waals surface area (Å²) >= 11 is 0. The lowest BCUT2D eigenvalue weighted by Gasteiger charge is -2.16. The second-order valence-corrected chi connectivity index (χ2v) is 6.70. The van der Waals surface area contributed by atoms with E-state index in [0.29, 0.717) is 17.0 Å². The van der Waals surface area contributed by atoms with Gasteiger partial charge in [-0.1, -0.05) is 0 Å². The molecule has 4 rings (SSSR count). The summed E-state index contributed by atoms with van der Waals surface area (Å²) in [4.78, 5) is 4.25. The highest BCUT2D eigenvalue weighted by molar-refractivity contribution is 5.71. The first-order valence-corrected chi connectivity index (χ1v) is 9.09. The van der Waals surface area contributed by atoms with E-state index in [1.165, 1.54) is 18.2 Å². The van der Waals surface area contributed by atoms with E-state index in [1.807, 2.05) is 0 Å². The predicted molar refractivity (Wildman–Crippen MR) is 98.0 cm³/mol. The standard InChI is InChI=1S/C20H19F2N3O3/c21-16-8-12(9-17(22)19(16)24-11-14-10-18(26)25-28-14)15-6-3-7-23-20(15)27-13-4-1-2-5-13/h3,6-10,13,24H,1-2,4-5,11H2,(H,25,26). The average Bonchev–Trinajstić information content (AvgIpc) is 3.33. The van der Waals surface area contributed by atoms with Gasteiger partial charge in [-0.3, -0.25) is 0 Å². The molecule has 28 heavy (non-hydrogen) atoms. The van der Waals surface area contributed by atoms with Crippen molar-refractivity contribution in [3.8, 4) is 22.9 Å². The van der Waals surface area contributed by atoms with E-state index >= 15 is 0 Å². The quantitative estimate of drug-likeness (QED) is 0.641. The van der Waals surface area contributed by atoms with Crippen LogP contribution < -0.4 is 10.1 Å². The molecular weight excluding hydrogens is 368 g/mol. The molecule has 2 N–H and O–H groups in total. The highest BCUT2D eigenvalue weighted by atomic mass is 19.1. The van der Waals surface area contributed by atoms with Crippen molar-refractivity contribution in [1.82, 2.24) is 10.1 Å². The number of nitrogens with one attached hydrogen (secondary N) is 1. The maximum absolute atomic E-state index is 14.6. The fourth-order valence-corrected chi connectivity index (χ4v) is 3.33. The topological polar surface area (TPSA) is 80.4 Å². The molecule has 146 valence electrons. The van der Waals surface area contributed by atoms with Gasteiger partial charge in [0, 0.05) is 17.8 Å². The first kappa shape index (κ1) is 18.2. The summed E-state index contributed by atoms with van der Waals surface area (Å²) in [6, 6.07) is 7.17. The minimum atomic E-state index is -0.755. The van der Waals surface area contributed by atoms with E-state index in [2.05, 4.69) is 15.5 Å². The zero-order chi connectivity index (χ0) is 19.5. The van der Waals surface area contributed by atoms with Crippen LogP contribution in [0.5, 0.6) is 11.8 Å². The van der Waals surface area contributed by atoms with Crippen LogP contribution in [-0.2, 0) is 6.54 Å². The van der Waals surface area contributed by atoms with Crippen molar-refractivity contribution in [3.63, 3.8) is 0 Å². The minimum absolute atomic E-state index is 0.0241. The molecule has 0 spiro atoms. The van der Waals surface area contributed by atoms with Crippen molar-refractivity contribution in [3.05, 3.63) is 53.9 Å². The van der Waals surface area contributed by atoms with Gasteiger partial charge in [0.2, 0.25) is 5.88 Å². The van der Waals surface area contributed by atoms with Gasteiger partial charge in [-0.2, -0.15) is 0 Å². The lowest BCUT2D eigenvalue weighted by molar-refractivity contribution is 0.202. The van der Waals surface area contributed by atoms with E-state index in [4.69, 9.17) is 14.4 Å². The van der Waals surface area contributed by atoms with Crippen LogP contribution in [0.1, 0.15) is 31.4 Å². The van der Waals surface area contributed by atoms with Crippen molar-refractivity contribution in [1.29, 1.82) is 0 Å². The second kappa shape index (κ2) is 7.84. The number of aromatic hydroxyl groups is 1. The summed E-state index contributed by atoms with van der Waals surface area (Å²) in [6.07, 6.45) is 5.82. The van der Waals surface area contributed by atoms with E-state index in [-0.39, 0.29) is 30.0 Å². The Kier molecular flexibility index (Phi) is 5.10. The maximum atomic E-state index is 14.6.